The van der Waals surface area contributed by atoms with Gasteiger partial charge in [-0.2, -0.15) is 5.10 Å². The maximum atomic E-state index is 11.5. The molecular weight excluding hydrogens is 214 g/mol. The van der Waals surface area contributed by atoms with E-state index < -0.39 is 0 Å². The molecule has 0 aromatic heterocycles. The van der Waals surface area contributed by atoms with Gasteiger partial charge in [0.25, 0.3) is 0 Å². The molecule has 0 aliphatic heterocycles. The number of anilines is 1. The molecule has 0 radical (unpaired) electrons. The van der Waals surface area contributed by atoms with Crippen LogP contribution in [-0.4, -0.2) is 11.7 Å². The van der Waals surface area contributed by atoms with E-state index in [2.05, 4.69) is 15.8 Å². The molecule has 2 rings (SSSR count). The van der Waals surface area contributed by atoms with Crippen LogP contribution >= 0.6 is 0 Å². The Kier molecular flexibility index (Phi) is 4.13. The Morgan fingerprint density at radius 3 is 2.47 bits per heavy atom. The number of carbonyl (C=O) groups is 1. The van der Waals surface area contributed by atoms with Gasteiger partial charge in [0.1, 0.15) is 0 Å². The second-order valence-electron chi connectivity index (χ2n) is 4.17. The highest BCUT2D eigenvalue weighted by molar-refractivity contribution is 5.91. The van der Waals surface area contributed by atoms with E-state index in [0.29, 0.717) is 0 Å². The lowest BCUT2D eigenvalue weighted by molar-refractivity contribution is 0.252. The molecule has 1 saturated carbocycles. The number of amides is 2. The van der Waals surface area contributed by atoms with Gasteiger partial charge in [0, 0.05) is 11.4 Å². The third-order valence-corrected chi connectivity index (χ3v) is 2.78. The topological polar surface area (TPSA) is 53.5 Å². The van der Waals surface area contributed by atoms with E-state index in [1.807, 2.05) is 30.3 Å². The van der Waals surface area contributed by atoms with Crippen molar-refractivity contribution in [3.05, 3.63) is 30.3 Å². The van der Waals surface area contributed by atoms with Crippen molar-refractivity contribution in [1.82, 2.24) is 5.43 Å². The third kappa shape index (κ3) is 3.90. The van der Waals surface area contributed by atoms with E-state index in [9.17, 15) is 4.79 Å². The van der Waals surface area contributed by atoms with Crippen LogP contribution < -0.4 is 10.7 Å². The fourth-order valence-electron chi connectivity index (χ4n) is 1.88. The summed E-state index contributed by atoms with van der Waals surface area (Å²) in [5.74, 6) is 0. The van der Waals surface area contributed by atoms with E-state index >= 15 is 0 Å². The summed E-state index contributed by atoms with van der Waals surface area (Å²) in [7, 11) is 0. The summed E-state index contributed by atoms with van der Waals surface area (Å²) in [6.45, 7) is 0. The highest BCUT2D eigenvalue weighted by Crippen LogP contribution is 2.14. The SMILES string of the molecule is O=C(NN=C1CCCCC1)Nc1ccccc1. The zero-order valence-corrected chi connectivity index (χ0v) is 9.78. The van der Waals surface area contributed by atoms with Crippen molar-refractivity contribution in [3.63, 3.8) is 0 Å². The fraction of sp³-hybridized carbons (Fsp3) is 0.385. The van der Waals surface area contributed by atoms with Gasteiger partial charge in [-0.25, -0.2) is 10.2 Å². The van der Waals surface area contributed by atoms with Gasteiger partial charge >= 0.3 is 6.03 Å². The lowest BCUT2D eigenvalue weighted by Crippen LogP contribution is -2.25. The predicted molar refractivity (Wildman–Crippen MR) is 69.1 cm³/mol. The lowest BCUT2D eigenvalue weighted by Gasteiger charge is -2.12. The van der Waals surface area contributed by atoms with Crippen LogP contribution in [0.3, 0.4) is 0 Å². The molecule has 1 aromatic rings. The van der Waals surface area contributed by atoms with Gasteiger partial charge in [-0.15, -0.1) is 0 Å². The quantitative estimate of drug-likeness (QED) is 0.755. The van der Waals surface area contributed by atoms with Gasteiger partial charge < -0.3 is 5.32 Å². The smallest absolute Gasteiger partial charge is 0.307 e. The van der Waals surface area contributed by atoms with E-state index in [0.717, 1.165) is 24.2 Å². The molecule has 1 fully saturated rings. The summed E-state index contributed by atoms with van der Waals surface area (Å²) >= 11 is 0. The molecule has 17 heavy (non-hydrogen) atoms. The average molecular weight is 231 g/mol. The molecule has 4 heteroatoms. The molecule has 0 atom stereocenters. The van der Waals surface area contributed by atoms with Crippen molar-refractivity contribution in [1.29, 1.82) is 0 Å². The monoisotopic (exact) mass is 231 g/mol. The molecule has 0 spiro atoms. The van der Waals surface area contributed by atoms with Crippen LogP contribution in [-0.2, 0) is 0 Å². The Balaban J connectivity index is 1.81. The number of hydrazone groups is 1. The van der Waals surface area contributed by atoms with Crippen LogP contribution in [0.15, 0.2) is 35.4 Å². The predicted octanol–water partition coefficient (Wildman–Crippen LogP) is 3.13. The van der Waals surface area contributed by atoms with Gasteiger partial charge in [-0.05, 0) is 37.8 Å². The van der Waals surface area contributed by atoms with E-state index in [1.165, 1.54) is 19.3 Å². The minimum Gasteiger partial charge on any atom is -0.307 e. The zero-order chi connectivity index (χ0) is 11.9. The standard InChI is InChI=1S/C13H17N3O/c17-13(14-11-7-3-1-4-8-11)16-15-12-9-5-2-6-10-12/h1,3-4,7-8H,2,5-6,9-10H2,(H2,14,16,17). The number of carbonyl (C=O) groups excluding carboxylic acids is 1. The first-order valence-electron chi connectivity index (χ1n) is 6.02. The molecule has 0 bridgehead atoms. The molecule has 2 amide bonds. The molecule has 1 aromatic carbocycles. The Hall–Kier alpha value is -1.84. The summed E-state index contributed by atoms with van der Waals surface area (Å²) in [5.41, 5.74) is 4.41. The summed E-state index contributed by atoms with van der Waals surface area (Å²) < 4.78 is 0. The number of hydrogen-bond acceptors (Lipinski definition) is 2. The normalized spacial score (nSPS) is 15.2. The van der Waals surface area contributed by atoms with Crippen molar-refractivity contribution >= 4 is 17.4 Å². The fourth-order valence-corrected chi connectivity index (χ4v) is 1.88. The highest BCUT2D eigenvalue weighted by atomic mass is 16.2. The molecule has 1 aliphatic rings. The van der Waals surface area contributed by atoms with Gasteiger partial charge in [0.2, 0.25) is 0 Å². The largest absolute Gasteiger partial charge is 0.339 e. The molecule has 0 heterocycles. The van der Waals surface area contributed by atoms with Crippen molar-refractivity contribution < 1.29 is 4.79 Å². The first-order chi connectivity index (χ1) is 8.34. The molecule has 0 saturated heterocycles. The maximum Gasteiger partial charge on any atom is 0.339 e. The lowest BCUT2D eigenvalue weighted by atomic mass is 9.99. The number of nitrogens with one attached hydrogen (secondary N) is 2. The van der Waals surface area contributed by atoms with Crippen molar-refractivity contribution in [3.8, 4) is 0 Å². The maximum absolute atomic E-state index is 11.5. The first kappa shape index (κ1) is 11.6. The molecule has 90 valence electrons. The minimum atomic E-state index is -0.283. The summed E-state index contributed by atoms with van der Waals surface area (Å²) in [6, 6.07) is 9.06. The van der Waals surface area contributed by atoms with E-state index in [1.54, 1.807) is 0 Å². The molecular formula is C13H17N3O. The molecule has 2 N–H and O–H groups in total. The average Bonchev–Trinajstić information content (AvgIpc) is 2.39. The molecule has 1 aliphatic carbocycles. The van der Waals surface area contributed by atoms with E-state index in [4.69, 9.17) is 0 Å². The van der Waals surface area contributed by atoms with Crippen molar-refractivity contribution in [2.75, 3.05) is 5.32 Å². The first-order valence-corrected chi connectivity index (χ1v) is 6.02. The highest BCUT2D eigenvalue weighted by Gasteiger charge is 2.07. The van der Waals surface area contributed by atoms with Crippen LogP contribution in [0.25, 0.3) is 0 Å². The van der Waals surface area contributed by atoms with Gasteiger partial charge in [0.05, 0.1) is 0 Å². The summed E-state index contributed by atoms with van der Waals surface area (Å²) in [6.07, 6.45) is 5.65. The zero-order valence-electron chi connectivity index (χ0n) is 9.78. The number of para-hydroxylation sites is 1. The second kappa shape index (κ2) is 6.03. The summed E-state index contributed by atoms with van der Waals surface area (Å²) in [5, 5.41) is 6.86. The van der Waals surface area contributed by atoms with Crippen molar-refractivity contribution in [2.45, 2.75) is 32.1 Å². The van der Waals surface area contributed by atoms with Gasteiger partial charge in [-0.3, -0.25) is 0 Å². The van der Waals surface area contributed by atoms with Crippen LogP contribution in [0.5, 0.6) is 0 Å². The number of benzene rings is 1. The Morgan fingerprint density at radius 1 is 1.06 bits per heavy atom. The van der Waals surface area contributed by atoms with Crippen molar-refractivity contribution in [2.24, 2.45) is 5.10 Å². The Morgan fingerprint density at radius 2 is 1.76 bits per heavy atom. The summed E-state index contributed by atoms with van der Waals surface area (Å²) in [4.78, 5) is 11.5. The Labute approximate surface area is 101 Å². The van der Waals surface area contributed by atoms with Crippen LogP contribution in [0.4, 0.5) is 10.5 Å². The second-order valence-corrected chi connectivity index (χ2v) is 4.17. The van der Waals surface area contributed by atoms with Gasteiger partial charge in [-0.1, -0.05) is 24.6 Å². The van der Waals surface area contributed by atoms with Crippen LogP contribution in [0.1, 0.15) is 32.1 Å². The number of rotatable bonds is 2. The third-order valence-electron chi connectivity index (χ3n) is 2.78. The van der Waals surface area contributed by atoms with Gasteiger partial charge in [0.15, 0.2) is 0 Å². The number of nitrogens with zero attached hydrogens (tertiary/aromatic N) is 1. The number of urea groups is 1. The molecule has 0 unspecified atom stereocenters. The van der Waals surface area contributed by atoms with Crippen LogP contribution in [0, 0.1) is 0 Å². The molecule has 4 nitrogen and oxygen atoms in total. The minimum absolute atomic E-state index is 0.283. The van der Waals surface area contributed by atoms with E-state index in [-0.39, 0.29) is 6.03 Å². The number of hydrogen-bond donors (Lipinski definition) is 2. The Bertz CT molecular complexity index is 392. The van der Waals surface area contributed by atoms with Crippen LogP contribution in [0.2, 0.25) is 0 Å².